The van der Waals surface area contributed by atoms with E-state index in [0.29, 0.717) is 31.9 Å². The largest absolute Gasteiger partial charge is 0.379 e. The second-order valence-electron chi connectivity index (χ2n) is 8.39. The van der Waals surface area contributed by atoms with Crippen LogP contribution < -0.4 is 5.32 Å². The van der Waals surface area contributed by atoms with Crippen molar-refractivity contribution in [2.24, 2.45) is 0 Å². The molecule has 1 fully saturated rings. The smallest absolute Gasteiger partial charge is 0.243 e. The van der Waals surface area contributed by atoms with Crippen molar-refractivity contribution >= 4 is 43.0 Å². The van der Waals surface area contributed by atoms with Gasteiger partial charge in [-0.3, -0.25) is 4.79 Å². The third-order valence-corrected chi connectivity index (χ3v) is 8.85. The van der Waals surface area contributed by atoms with Crippen molar-refractivity contribution in [2.45, 2.75) is 11.8 Å². The highest BCUT2D eigenvalue weighted by Gasteiger charge is 2.26. The summed E-state index contributed by atoms with van der Waals surface area (Å²) in [6.07, 6.45) is 0. The predicted octanol–water partition coefficient (Wildman–Crippen LogP) is 4.59. The van der Waals surface area contributed by atoms with E-state index in [9.17, 15) is 13.2 Å². The molecule has 0 amide bonds. The zero-order valence-electron chi connectivity index (χ0n) is 19.2. The van der Waals surface area contributed by atoms with E-state index in [-0.39, 0.29) is 17.2 Å². The summed E-state index contributed by atoms with van der Waals surface area (Å²) in [7, 11) is -3.65. The Hall–Kier alpha value is -3.11. The molecule has 3 aromatic carbocycles. The van der Waals surface area contributed by atoms with Gasteiger partial charge in [-0.1, -0.05) is 18.2 Å². The van der Waals surface area contributed by atoms with Gasteiger partial charge in [-0.2, -0.15) is 4.31 Å². The molecule has 0 aliphatic carbocycles. The summed E-state index contributed by atoms with van der Waals surface area (Å²) >= 11 is 1.65. The molecule has 1 aliphatic rings. The highest BCUT2D eigenvalue weighted by Crippen LogP contribution is 2.31. The van der Waals surface area contributed by atoms with E-state index in [1.165, 1.54) is 22.0 Å². The van der Waals surface area contributed by atoms with Gasteiger partial charge in [0.25, 0.3) is 0 Å². The van der Waals surface area contributed by atoms with Crippen molar-refractivity contribution in [3.63, 3.8) is 0 Å². The Morgan fingerprint density at radius 1 is 1.06 bits per heavy atom. The van der Waals surface area contributed by atoms with Gasteiger partial charge in [0, 0.05) is 29.9 Å². The first-order valence-electron chi connectivity index (χ1n) is 11.3. The summed E-state index contributed by atoms with van der Waals surface area (Å²) < 4.78 is 33.6. The summed E-state index contributed by atoms with van der Waals surface area (Å²) in [5, 5.41) is 4.08. The molecule has 0 bridgehead atoms. The number of benzene rings is 3. The molecular formula is C26H25N3O4S2. The molecule has 180 valence electrons. The van der Waals surface area contributed by atoms with Crippen LogP contribution in [0.5, 0.6) is 0 Å². The summed E-state index contributed by atoms with van der Waals surface area (Å²) in [5.41, 5.74) is 4.37. The van der Waals surface area contributed by atoms with Gasteiger partial charge in [-0.25, -0.2) is 13.4 Å². The Labute approximate surface area is 208 Å². The number of morpholine rings is 1. The van der Waals surface area contributed by atoms with Crippen LogP contribution in [-0.4, -0.2) is 56.3 Å². The topological polar surface area (TPSA) is 88.6 Å². The van der Waals surface area contributed by atoms with Crippen LogP contribution in [0.4, 0.5) is 5.69 Å². The number of hydrogen-bond donors (Lipinski definition) is 1. The van der Waals surface area contributed by atoms with Crippen LogP contribution in [0.1, 0.15) is 15.9 Å². The minimum Gasteiger partial charge on any atom is -0.379 e. The van der Waals surface area contributed by atoms with Gasteiger partial charge in [0.15, 0.2) is 5.78 Å². The van der Waals surface area contributed by atoms with Crippen LogP contribution in [0, 0.1) is 6.92 Å². The Morgan fingerprint density at radius 3 is 2.60 bits per heavy atom. The molecule has 0 atom stereocenters. The van der Waals surface area contributed by atoms with E-state index < -0.39 is 10.0 Å². The third kappa shape index (κ3) is 5.13. The van der Waals surface area contributed by atoms with Crippen molar-refractivity contribution in [3.05, 3.63) is 77.9 Å². The first-order valence-corrected chi connectivity index (χ1v) is 13.6. The molecule has 1 saturated heterocycles. The first-order chi connectivity index (χ1) is 16.9. The molecule has 1 N–H and O–H groups in total. The van der Waals surface area contributed by atoms with Gasteiger partial charge in [0.05, 0.1) is 34.9 Å². The van der Waals surface area contributed by atoms with Crippen LogP contribution in [0.3, 0.4) is 0 Å². The Balaban J connectivity index is 1.25. The minimum absolute atomic E-state index is 0.0564. The van der Waals surface area contributed by atoms with Gasteiger partial charge < -0.3 is 10.1 Å². The van der Waals surface area contributed by atoms with Crippen molar-refractivity contribution in [3.8, 4) is 10.6 Å². The highest BCUT2D eigenvalue weighted by molar-refractivity contribution is 7.89. The number of ether oxygens (including phenoxy) is 1. The maximum Gasteiger partial charge on any atom is 0.243 e. The molecule has 4 aromatic rings. The normalized spacial score (nSPS) is 14.8. The van der Waals surface area contributed by atoms with Gasteiger partial charge in [-0.05, 0) is 61.0 Å². The summed E-state index contributed by atoms with van der Waals surface area (Å²) in [5.74, 6) is -0.186. The molecular weight excluding hydrogens is 482 g/mol. The van der Waals surface area contributed by atoms with Crippen LogP contribution in [-0.2, 0) is 14.8 Å². The van der Waals surface area contributed by atoms with E-state index in [1.807, 2.05) is 30.3 Å². The lowest BCUT2D eigenvalue weighted by Gasteiger charge is -2.26. The number of nitrogens with zero attached hydrogens (tertiary/aromatic N) is 2. The van der Waals surface area contributed by atoms with Gasteiger partial charge >= 0.3 is 0 Å². The zero-order chi connectivity index (χ0) is 24.4. The molecule has 2 heterocycles. The molecule has 0 unspecified atom stereocenters. The number of rotatable bonds is 7. The first kappa shape index (κ1) is 23.6. The number of hydrogen-bond acceptors (Lipinski definition) is 7. The molecule has 5 rings (SSSR count). The van der Waals surface area contributed by atoms with Crippen LogP contribution in [0.2, 0.25) is 0 Å². The van der Waals surface area contributed by atoms with Crippen LogP contribution in [0.25, 0.3) is 20.8 Å². The van der Waals surface area contributed by atoms with E-state index in [2.05, 4.69) is 24.4 Å². The maximum absolute atomic E-state index is 12.9. The Morgan fingerprint density at radius 2 is 1.83 bits per heavy atom. The number of ketones is 1. The van der Waals surface area contributed by atoms with Crippen molar-refractivity contribution in [1.82, 2.24) is 9.29 Å². The molecule has 1 aromatic heterocycles. The number of sulfonamides is 1. The zero-order valence-corrected chi connectivity index (χ0v) is 20.9. The summed E-state index contributed by atoms with van der Waals surface area (Å²) in [4.78, 5) is 17.6. The molecule has 7 nitrogen and oxygen atoms in total. The van der Waals surface area contributed by atoms with Gasteiger partial charge in [-0.15, -0.1) is 11.3 Å². The number of carbonyl (C=O) groups is 1. The van der Waals surface area contributed by atoms with E-state index in [0.717, 1.165) is 26.5 Å². The van der Waals surface area contributed by atoms with Gasteiger partial charge in [0.1, 0.15) is 5.01 Å². The number of thiazole rings is 1. The fourth-order valence-corrected chi connectivity index (χ4v) is 6.46. The minimum atomic E-state index is -3.65. The number of fused-ring (bicyclic) bond motifs is 1. The lowest BCUT2D eigenvalue weighted by atomic mass is 10.1. The number of anilines is 1. The molecule has 0 saturated carbocycles. The molecule has 0 radical (unpaired) electrons. The third-order valence-electron chi connectivity index (χ3n) is 5.89. The number of Topliss-reactive ketones (excluding diaryl/α,β-unsaturated/α-hetero) is 1. The number of aryl methyl sites for hydroxylation is 1. The van der Waals surface area contributed by atoms with Crippen molar-refractivity contribution in [2.75, 3.05) is 38.2 Å². The highest BCUT2D eigenvalue weighted by atomic mass is 32.2. The fraction of sp³-hybridized carbons (Fsp3) is 0.231. The second kappa shape index (κ2) is 9.87. The average Bonchev–Trinajstić information content (AvgIpc) is 3.31. The standard InChI is InChI=1S/C26H25N3O4S2/c1-18-5-10-23-25(15-18)34-26(28-23)19-6-8-21(9-7-19)27-17-24(30)20-3-2-4-22(16-20)35(31,32)29-11-13-33-14-12-29/h2-10,15-16,27H,11-14,17H2,1H3. The molecule has 0 spiro atoms. The lowest BCUT2D eigenvalue weighted by molar-refractivity contribution is 0.0730. The van der Waals surface area contributed by atoms with E-state index in [4.69, 9.17) is 9.72 Å². The number of aromatic nitrogens is 1. The fourth-order valence-electron chi connectivity index (χ4n) is 3.94. The molecule has 9 heteroatoms. The second-order valence-corrected chi connectivity index (χ2v) is 11.4. The number of nitrogens with one attached hydrogen (secondary N) is 1. The molecule has 1 aliphatic heterocycles. The van der Waals surface area contributed by atoms with Gasteiger partial charge in [0.2, 0.25) is 10.0 Å². The Bertz CT molecular complexity index is 1470. The predicted molar refractivity (Wildman–Crippen MR) is 139 cm³/mol. The maximum atomic E-state index is 12.9. The summed E-state index contributed by atoms with van der Waals surface area (Å²) in [6.45, 7) is 3.50. The van der Waals surface area contributed by atoms with Crippen LogP contribution >= 0.6 is 11.3 Å². The van der Waals surface area contributed by atoms with Crippen molar-refractivity contribution in [1.29, 1.82) is 0 Å². The Kier molecular flexibility index (Phi) is 6.66. The quantitative estimate of drug-likeness (QED) is 0.368. The summed E-state index contributed by atoms with van der Waals surface area (Å²) in [6, 6.07) is 20.2. The number of carbonyl (C=O) groups excluding carboxylic acids is 1. The molecule has 35 heavy (non-hydrogen) atoms. The van der Waals surface area contributed by atoms with E-state index >= 15 is 0 Å². The monoisotopic (exact) mass is 507 g/mol. The van der Waals surface area contributed by atoms with Crippen molar-refractivity contribution < 1.29 is 17.9 Å². The SMILES string of the molecule is Cc1ccc2nc(-c3ccc(NCC(=O)c4cccc(S(=O)(=O)N5CCOCC5)c4)cc3)sc2c1. The van der Waals surface area contributed by atoms with E-state index in [1.54, 1.807) is 23.5 Å². The lowest BCUT2D eigenvalue weighted by Crippen LogP contribution is -2.40. The average molecular weight is 508 g/mol. The van der Waals surface area contributed by atoms with Crippen LogP contribution in [0.15, 0.2) is 71.6 Å².